The van der Waals surface area contributed by atoms with Gasteiger partial charge in [0.15, 0.2) is 0 Å². The van der Waals surface area contributed by atoms with Gasteiger partial charge in [0.1, 0.15) is 6.54 Å². The summed E-state index contributed by atoms with van der Waals surface area (Å²) in [7, 11) is -4.09. The van der Waals surface area contributed by atoms with E-state index in [2.05, 4.69) is 5.32 Å². The molecule has 0 atom stereocenters. The molecule has 0 bridgehead atoms. The van der Waals surface area contributed by atoms with Crippen LogP contribution in [0.2, 0.25) is 10.0 Å². The van der Waals surface area contributed by atoms with Gasteiger partial charge in [-0.15, -0.1) is 0 Å². The molecule has 0 spiro atoms. The molecule has 5 nitrogen and oxygen atoms in total. The van der Waals surface area contributed by atoms with Gasteiger partial charge in [0.2, 0.25) is 5.91 Å². The molecule has 0 aliphatic carbocycles. The highest BCUT2D eigenvalue weighted by molar-refractivity contribution is 7.92. The third kappa shape index (κ3) is 4.58. The number of fused-ring (bicyclic) bond motifs is 1. The quantitative estimate of drug-likeness (QED) is 0.365. The van der Waals surface area contributed by atoms with E-state index in [9.17, 15) is 13.2 Å². The smallest absolute Gasteiger partial charge is 0.264 e. The summed E-state index contributed by atoms with van der Waals surface area (Å²) < 4.78 is 27.8. The molecule has 8 heteroatoms. The van der Waals surface area contributed by atoms with Gasteiger partial charge in [-0.3, -0.25) is 9.10 Å². The maximum Gasteiger partial charge on any atom is 0.264 e. The zero-order valence-electron chi connectivity index (χ0n) is 16.7. The summed E-state index contributed by atoms with van der Waals surface area (Å²) in [6.07, 6.45) is 0. The molecule has 0 radical (unpaired) electrons. The average Bonchev–Trinajstić information content (AvgIpc) is 2.80. The second-order valence-electron chi connectivity index (χ2n) is 7.01. The molecule has 162 valence electrons. The van der Waals surface area contributed by atoms with Gasteiger partial charge < -0.3 is 5.32 Å². The van der Waals surface area contributed by atoms with E-state index in [0.717, 1.165) is 15.1 Å². The first kappa shape index (κ1) is 22.1. The Labute approximate surface area is 196 Å². The highest BCUT2D eigenvalue weighted by Crippen LogP contribution is 2.35. The van der Waals surface area contributed by atoms with E-state index in [-0.39, 0.29) is 20.6 Å². The van der Waals surface area contributed by atoms with E-state index in [4.69, 9.17) is 23.2 Å². The van der Waals surface area contributed by atoms with Crippen LogP contribution in [0.15, 0.2) is 95.9 Å². The topological polar surface area (TPSA) is 66.5 Å². The minimum Gasteiger partial charge on any atom is -0.324 e. The summed E-state index contributed by atoms with van der Waals surface area (Å²) in [5, 5.41) is 4.99. The molecule has 0 fully saturated rings. The van der Waals surface area contributed by atoms with Crippen molar-refractivity contribution in [3.05, 3.63) is 101 Å². The lowest BCUT2D eigenvalue weighted by atomic mass is 10.1. The monoisotopic (exact) mass is 484 g/mol. The Bertz CT molecular complexity index is 1390. The lowest BCUT2D eigenvalue weighted by molar-refractivity contribution is -0.114. The highest BCUT2D eigenvalue weighted by Gasteiger charge is 2.29. The maximum atomic E-state index is 13.4. The molecule has 0 saturated carbocycles. The number of hydrogen-bond acceptors (Lipinski definition) is 3. The number of nitrogens with zero attached hydrogens (tertiary/aromatic N) is 1. The van der Waals surface area contributed by atoms with Gasteiger partial charge in [0.05, 0.1) is 20.6 Å². The number of anilines is 2. The Kier molecular flexibility index (Phi) is 6.37. The number of amides is 1. The first-order valence-electron chi connectivity index (χ1n) is 9.67. The van der Waals surface area contributed by atoms with Crippen LogP contribution in [0.1, 0.15) is 0 Å². The fourth-order valence-corrected chi connectivity index (χ4v) is 5.20. The number of sulfonamides is 1. The fraction of sp³-hybridized carbons (Fsp3) is 0.0417. The van der Waals surface area contributed by atoms with Crippen molar-refractivity contribution in [3.8, 4) is 0 Å². The minimum absolute atomic E-state index is 0.0366. The molecule has 0 unspecified atom stereocenters. The molecular weight excluding hydrogens is 467 g/mol. The van der Waals surface area contributed by atoms with Gasteiger partial charge in [-0.25, -0.2) is 8.42 Å². The van der Waals surface area contributed by atoms with Crippen LogP contribution >= 0.6 is 23.2 Å². The van der Waals surface area contributed by atoms with Crippen molar-refractivity contribution in [2.24, 2.45) is 0 Å². The second kappa shape index (κ2) is 9.20. The Hall–Kier alpha value is -3.06. The van der Waals surface area contributed by atoms with E-state index >= 15 is 0 Å². The fourth-order valence-electron chi connectivity index (χ4n) is 3.30. The Morgan fingerprint density at radius 1 is 0.812 bits per heavy atom. The van der Waals surface area contributed by atoms with Crippen molar-refractivity contribution in [3.63, 3.8) is 0 Å². The van der Waals surface area contributed by atoms with E-state index in [1.54, 1.807) is 36.4 Å². The molecule has 4 rings (SSSR count). The SMILES string of the molecule is O=C(CN(c1cccc(Cl)c1Cl)S(=O)(=O)c1ccccc1)Nc1ccc2ccccc2c1. The van der Waals surface area contributed by atoms with Gasteiger partial charge >= 0.3 is 0 Å². The van der Waals surface area contributed by atoms with Crippen LogP contribution in [0.25, 0.3) is 10.8 Å². The van der Waals surface area contributed by atoms with Crippen LogP contribution in [0.5, 0.6) is 0 Å². The van der Waals surface area contributed by atoms with Gasteiger partial charge in [-0.05, 0) is 47.2 Å². The zero-order valence-corrected chi connectivity index (χ0v) is 19.0. The van der Waals surface area contributed by atoms with Gasteiger partial charge in [0.25, 0.3) is 10.0 Å². The number of carbonyl (C=O) groups excluding carboxylic acids is 1. The molecule has 4 aromatic rings. The van der Waals surface area contributed by atoms with Crippen LogP contribution < -0.4 is 9.62 Å². The lowest BCUT2D eigenvalue weighted by Crippen LogP contribution is -2.38. The summed E-state index contributed by atoms with van der Waals surface area (Å²) in [4.78, 5) is 12.9. The van der Waals surface area contributed by atoms with E-state index in [1.165, 1.54) is 18.2 Å². The number of benzene rings is 4. The standard InChI is InChI=1S/C24H18Cl2N2O3S/c25-21-11-6-12-22(24(21)26)28(32(30,31)20-9-2-1-3-10-20)16-23(29)27-19-14-13-17-7-4-5-8-18(17)15-19/h1-15H,16H2,(H,27,29). The summed E-state index contributed by atoms with van der Waals surface area (Å²) in [5.41, 5.74) is 0.680. The largest absolute Gasteiger partial charge is 0.324 e. The third-order valence-electron chi connectivity index (χ3n) is 4.85. The Morgan fingerprint density at radius 3 is 2.25 bits per heavy atom. The number of carbonyl (C=O) groups is 1. The van der Waals surface area contributed by atoms with E-state index in [0.29, 0.717) is 5.69 Å². The van der Waals surface area contributed by atoms with Crippen molar-refractivity contribution in [2.75, 3.05) is 16.2 Å². The van der Waals surface area contributed by atoms with Crippen LogP contribution in [0.3, 0.4) is 0 Å². The zero-order chi connectivity index (χ0) is 22.7. The summed E-state index contributed by atoms with van der Waals surface area (Å²) in [6, 6.07) is 25.7. The maximum absolute atomic E-state index is 13.4. The third-order valence-corrected chi connectivity index (χ3v) is 7.43. The molecule has 0 aliphatic rings. The normalized spacial score (nSPS) is 11.3. The van der Waals surface area contributed by atoms with Gasteiger partial charge in [0, 0.05) is 5.69 Å². The van der Waals surface area contributed by atoms with Crippen molar-refractivity contribution in [2.45, 2.75) is 4.90 Å². The number of nitrogens with one attached hydrogen (secondary N) is 1. The highest BCUT2D eigenvalue weighted by atomic mass is 35.5. The lowest BCUT2D eigenvalue weighted by Gasteiger charge is -2.25. The van der Waals surface area contributed by atoms with Crippen LogP contribution in [-0.4, -0.2) is 20.9 Å². The average molecular weight is 485 g/mol. The minimum atomic E-state index is -4.09. The summed E-state index contributed by atoms with van der Waals surface area (Å²) >= 11 is 12.4. The van der Waals surface area contributed by atoms with Crippen molar-refractivity contribution in [1.82, 2.24) is 0 Å². The first-order chi connectivity index (χ1) is 15.4. The molecule has 0 aromatic heterocycles. The second-order valence-corrected chi connectivity index (χ2v) is 9.66. The van der Waals surface area contributed by atoms with Gasteiger partial charge in [-0.2, -0.15) is 0 Å². The van der Waals surface area contributed by atoms with Crippen molar-refractivity contribution in [1.29, 1.82) is 0 Å². The molecule has 32 heavy (non-hydrogen) atoms. The van der Waals surface area contributed by atoms with Crippen molar-refractivity contribution < 1.29 is 13.2 Å². The number of rotatable bonds is 6. The van der Waals surface area contributed by atoms with Crippen LogP contribution in [-0.2, 0) is 14.8 Å². The number of halogens is 2. The molecule has 0 heterocycles. The molecular formula is C24H18Cl2N2O3S. The molecule has 4 aromatic carbocycles. The Morgan fingerprint density at radius 2 is 1.50 bits per heavy atom. The molecule has 0 aliphatic heterocycles. The predicted octanol–water partition coefficient (Wildman–Crippen LogP) is 5.98. The van der Waals surface area contributed by atoms with Crippen molar-refractivity contribution >= 4 is 61.3 Å². The molecule has 0 saturated heterocycles. The number of hydrogen-bond donors (Lipinski definition) is 1. The molecule has 1 N–H and O–H groups in total. The van der Waals surface area contributed by atoms with Crippen LogP contribution in [0, 0.1) is 0 Å². The summed E-state index contributed by atoms with van der Waals surface area (Å²) in [6.45, 7) is -0.482. The van der Waals surface area contributed by atoms with Crippen LogP contribution in [0.4, 0.5) is 11.4 Å². The first-order valence-corrected chi connectivity index (χ1v) is 11.9. The van der Waals surface area contributed by atoms with Gasteiger partial charge in [-0.1, -0.05) is 77.8 Å². The Balaban J connectivity index is 1.68. The summed E-state index contributed by atoms with van der Waals surface area (Å²) in [5.74, 6) is -0.518. The molecule has 1 amide bonds. The predicted molar refractivity (Wildman–Crippen MR) is 130 cm³/mol. The van der Waals surface area contributed by atoms with E-state index in [1.807, 2.05) is 36.4 Å². The van der Waals surface area contributed by atoms with E-state index < -0.39 is 22.5 Å².